The summed E-state index contributed by atoms with van der Waals surface area (Å²) in [5.41, 5.74) is -0.222. The highest BCUT2D eigenvalue weighted by Crippen LogP contribution is 2.36. The van der Waals surface area contributed by atoms with E-state index in [1.54, 1.807) is 26.4 Å². The lowest BCUT2D eigenvalue weighted by Crippen LogP contribution is -2.57. The van der Waals surface area contributed by atoms with Gasteiger partial charge in [0.25, 0.3) is 5.91 Å². The zero-order chi connectivity index (χ0) is 17.7. The predicted octanol–water partition coefficient (Wildman–Crippen LogP) is 2.26. The van der Waals surface area contributed by atoms with Crippen molar-refractivity contribution in [3.05, 3.63) is 24.3 Å². The Kier molecular flexibility index (Phi) is 5.81. The average molecular weight is 349 g/mol. The van der Waals surface area contributed by atoms with Gasteiger partial charge in [0, 0.05) is 26.8 Å². The zero-order valence-corrected chi connectivity index (χ0v) is 15.0. The summed E-state index contributed by atoms with van der Waals surface area (Å²) >= 11 is 0. The number of piperidine rings is 1. The first-order chi connectivity index (χ1) is 12.2. The van der Waals surface area contributed by atoms with Crippen LogP contribution in [0.25, 0.3) is 0 Å². The summed E-state index contributed by atoms with van der Waals surface area (Å²) in [5, 5.41) is 0. The van der Waals surface area contributed by atoms with Gasteiger partial charge < -0.3 is 23.8 Å². The molecule has 0 bridgehead atoms. The van der Waals surface area contributed by atoms with E-state index < -0.39 is 0 Å². The molecule has 2 aliphatic rings. The highest BCUT2D eigenvalue weighted by molar-refractivity contribution is 5.77. The SMILES string of the molecule is COc1ccc(OCC(=O)N2CCC3(CC2)OCCCC3OC)cc1. The van der Waals surface area contributed by atoms with E-state index in [2.05, 4.69) is 0 Å². The molecule has 0 saturated carbocycles. The molecule has 138 valence electrons. The van der Waals surface area contributed by atoms with Crippen LogP contribution in [0.2, 0.25) is 0 Å². The zero-order valence-electron chi connectivity index (χ0n) is 15.0. The molecule has 2 heterocycles. The van der Waals surface area contributed by atoms with Gasteiger partial charge in [-0.25, -0.2) is 0 Å². The number of hydrogen-bond donors (Lipinski definition) is 0. The van der Waals surface area contributed by atoms with Crippen molar-refractivity contribution in [3.8, 4) is 11.5 Å². The monoisotopic (exact) mass is 349 g/mol. The van der Waals surface area contributed by atoms with Crippen LogP contribution >= 0.6 is 0 Å². The molecule has 2 fully saturated rings. The average Bonchev–Trinajstić information content (AvgIpc) is 2.67. The van der Waals surface area contributed by atoms with Crippen LogP contribution in [-0.4, -0.2) is 63.0 Å². The first kappa shape index (κ1) is 18.0. The number of methoxy groups -OCH3 is 2. The van der Waals surface area contributed by atoms with Gasteiger partial charge in [-0.3, -0.25) is 4.79 Å². The number of carbonyl (C=O) groups excluding carboxylic acids is 1. The Morgan fingerprint density at radius 3 is 2.52 bits per heavy atom. The van der Waals surface area contributed by atoms with Crippen molar-refractivity contribution in [3.63, 3.8) is 0 Å². The maximum absolute atomic E-state index is 12.4. The molecule has 2 saturated heterocycles. The quantitative estimate of drug-likeness (QED) is 0.816. The molecule has 0 radical (unpaired) electrons. The summed E-state index contributed by atoms with van der Waals surface area (Å²) in [4.78, 5) is 14.3. The van der Waals surface area contributed by atoms with Crippen molar-refractivity contribution in [1.82, 2.24) is 4.90 Å². The van der Waals surface area contributed by atoms with E-state index >= 15 is 0 Å². The second-order valence-corrected chi connectivity index (χ2v) is 6.62. The van der Waals surface area contributed by atoms with E-state index in [1.807, 2.05) is 17.0 Å². The summed E-state index contributed by atoms with van der Waals surface area (Å²) in [7, 11) is 3.37. The van der Waals surface area contributed by atoms with Crippen molar-refractivity contribution < 1.29 is 23.7 Å². The molecule has 6 heteroatoms. The summed E-state index contributed by atoms with van der Waals surface area (Å²) < 4.78 is 22.4. The smallest absolute Gasteiger partial charge is 0.260 e. The Labute approximate surface area is 149 Å². The summed E-state index contributed by atoms with van der Waals surface area (Å²) in [6.07, 6.45) is 3.84. The van der Waals surface area contributed by atoms with E-state index in [0.29, 0.717) is 18.8 Å². The first-order valence-corrected chi connectivity index (χ1v) is 8.88. The van der Waals surface area contributed by atoms with Crippen LogP contribution in [0.3, 0.4) is 0 Å². The third kappa shape index (κ3) is 4.07. The molecule has 1 aromatic carbocycles. The predicted molar refractivity (Wildman–Crippen MR) is 93.0 cm³/mol. The maximum atomic E-state index is 12.4. The standard InChI is InChI=1S/C19H27NO5/c1-22-15-5-7-16(8-6-15)24-14-18(21)20-11-9-19(10-12-20)17(23-2)4-3-13-25-19/h5-8,17H,3-4,9-14H2,1-2H3. The molecule has 0 aromatic heterocycles. The number of carbonyl (C=O) groups is 1. The molecule has 1 atom stereocenters. The van der Waals surface area contributed by atoms with Gasteiger partial charge >= 0.3 is 0 Å². The van der Waals surface area contributed by atoms with Gasteiger partial charge in [0.1, 0.15) is 11.5 Å². The lowest BCUT2D eigenvalue weighted by molar-refractivity contribution is -0.188. The molecular weight excluding hydrogens is 322 g/mol. The summed E-state index contributed by atoms with van der Waals surface area (Å²) in [6.45, 7) is 2.21. The van der Waals surface area contributed by atoms with E-state index in [1.165, 1.54) is 0 Å². The highest BCUT2D eigenvalue weighted by Gasteiger charge is 2.45. The largest absolute Gasteiger partial charge is 0.497 e. The van der Waals surface area contributed by atoms with E-state index in [0.717, 1.165) is 38.0 Å². The van der Waals surface area contributed by atoms with Crippen molar-refractivity contribution in [2.45, 2.75) is 37.4 Å². The van der Waals surface area contributed by atoms with Crippen LogP contribution in [0.5, 0.6) is 11.5 Å². The van der Waals surface area contributed by atoms with Gasteiger partial charge in [-0.05, 0) is 49.9 Å². The Morgan fingerprint density at radius 1 is 1.20 bits per heavy atom. The molecule has 3 rings (SSSR count). The third-order valence-corrected chi connectivity index (χ3v) is 5.26. The van der Waals surface area contributed by atoms with Gasteiger partial charge in [0.05, 0.1) is 18.8 Å². The molecule has 2 aliphatic heterocycles. The second-order valence-electron chi connectivity index (χ2n) is 6.62. The van der Waals surface area contributed by atoms with Gasteiger partial charge in [0.15, 0.2) is 6.61 Å². The Balaban J connectivity index is 1.49. The molecular formula is C19H27NO5. The normalized spacial score (nSPS) is 22.6. The van der Waals surface area contributed by atoms with Crippen molar-refractivity contribution in [1.29, 1.82) is 0 Å². The molecule has 1 amide bonds. The Bertz CT molecular complexity index is 566. The van der Waals surface area contributed by atoms with Crippen LogP contribution in [0.15, 0.2) is 24.3 Å². The van der Waals surface area contributed by atoms with Crippen molar-refractivity contribution >= 4 is 5.91 Å². The van der Waals surface area contributed by atoms with Crippen LogP contribution in [0, 0.1) is 0 Å². The molecule has 1 aromatic rings. The molecule has 25 heavy (non-hydrogen) atoms. The number of benzene rings is 1. The minimum absolute atomic E-state index is 0.00967. The fraction of sp³-hybridized carbons (Fsp3) is 0.632. The number of amides is 1. The van der Waals surface area contributed by atoms with Crippen molar-refractivity contribution in [2.24, 2.45) is 0 Å². The van der Waals surface area contributed by atoms with Crippen LogP contribution in [0.4, 0.5) is 0 Å². The molecule has 6 nitrogen and oxygen atoms in total. The summed E-state index contributed by atoms with van der Waals surface area (Å²) in [6, 6.07) is 7.23. The number of rotatable bonds is 5. The van der Waals surface area contributed by atoms with Crippen LogP contribution < -0.4 is 9.47 Å². The van der Waals surface area contributed by atoms with Gasteiger partial charge in [0.2, 0.25) is 0 Å². The molecule has 1 unspecified atom stereocenters. The Hall–Kier alpha value is -1.79. The van der Waals surface area contributed by atoms with Crippen molar-refractivity contribution in [2.75, 3.05) is 40.5 Å². The second kappa shape index (κ2) is 8.06. The summed E-state index contributed by atoms with van der Waals surface area (Å²) in [5.74, 6) is 1.44. The highest BCUT2D eigenvalue weighted by atomic mass is 16.5. The van der Waals surface area contributed by atoms with Crippen LogP contribution in [0.1, 0.15) is 25.7 Å². The lowest BCUT2D eigenvalue weighted by Gasteiger charge is -2.47. The Morgan fingerprint density at radius 2 is 1.88 bits per heavy atom. The van der Waals surface area contributed by atoms with Gasteiger partial charge in [-0.1, -0.05) is 0 Å². The molecule has 0 N–H and O–H groups in total. The van der Waals surface area contributed by atoms with Gasteiger partial charge in [-0.2, -0.15) is 0 Å². The third-order valence-electron chi connectivity index (χ3n) is 5.26. The van der Waals surface area contributed by atoms with Gasteiger partial charge in [-0.15, -0.1) is 0 Å². The topological polar surface area (TPSA) is 57.2 Å². The van der Waals surface area contributed by atoms with E-state index in [9.17, 15) is 4.79 Å². The van der Waals surface area contributed by atoms with Crippen LogP contribution in [-0.2, 0) is 14.3 Å². The fourth-order valence-electron chi connectivity index (χ4n) is 3.74. The number of nitrogens with zero attached hydrogens (tertiary/aromatic N) is 1. The lowest BCUT2D eigenvalue weighted by atomic mass is 9.82. The number of ether oxygens (including phenoxy) is 4. The molecule has 1 spiro atoms. The minimum Gasteiger partial charge on any atom is -0.497 e. The minimum atomic E-state index is -0.222. The van der Waals surface area contributed by atoms with E-state index in [4.69, 9.17) is 18.9 Å². The van der Waals surface area contributed by atoms with E-state index in [-0.39, 0.29) is 24.2 Å². The first-order valence-electron chi connectivity index (χ1n) is 8.88. The fourth-order valence-corrected chi connectivity index (χ4v) is 3.74. The molecule has 0 aliphatic carbocycles. The number of hydrogen-bond acceptors (Lipinski definition) is 5. The maximum Gasteiger partial charge on any atom is 0.260 e. The number of likely N-dealkylation sites (tertiary alicyclic amines) is 1.